The molecule has 0 bridgehead atoms. The van der Waals surface area contributed by atoms with Crippen molar-refractivity contribution < 1.29 is 9.59 Å². The van der Waals surface area contributed by atoms with Gasteiger partial charge in [-0.1, -0.05) is 48.7 Å². The van der Waals surface area contributed by atoms with Gasteiger partial charge >= 0.3 is 0 Å². The predicted octanol–water partition coefficient (Wildman–Crippen LogP) is 5.13. The number of hydrogen-bond donors (Lipinski definition) is 0. The van der Waals surface area contributed by atoms with Gasteiger partial charge in [0.05, 0.1) is 5.75 Å². The molecule has 1 atom stereocenters. The summed E-state index contributed by atoms with van der Waals surface area (Å²) in [4.78, 5) is 29.0. The fraction of sp³-hybridized carbons (Fsp3) is 0.391. The summed E-state index contributed by atoms with van der Waals surface area (Å²) in [6.45, 7) is 0.554. The first-order valence-corrected chi connectivity index (χ1v) is 11.5. The van der Waals surface area contributed by atoms with Crippen molar-refractivity contribution in [2.24, 2.45) is 0 Å². The molecule has 1 saturated heterocycles. The van der Waals surface area contributed by atoms with Crippen molar-refractivity contribution in [3.63, 3.8) is 0 Å². The third-order valence-electron chi connectivity index (χ3n) is 5.87. The number of hydrogen-bond acceptors (Lipinski definition) is 3. The first-order valence-electron chi connectivity index (χ1n) is 10.1. The lowest BCUT2D eigenvalue weighted by atomic mass is 10.1. The molecule has 2 aromatic carbocycles. The maximum Gasteiger partial charge on any atom is 0.253 e. The van der Waals surface area contributed by atoms with Crippen LogP contribution in [0.25, 0.3) is 0 Å². The summed E-state index contributed by atoms with van der Waals surface area (Å²) in [6, 6.07) is 15.7. The number of halogens is 1. The van der Waals surface area contributed by atoms with Gasteiger partial charge in [-0.3, -0.25) is 9.59 Å². The second-order valence-corrected chi connectivity index (χ2v) is 9.29. The van der Waals surface area contributed by atoms with Gasteiger partial charge in [0.15, 0.2) is 0 Å². The molecule has 6 heteroatoms. The molecule has 1 heterocycles. The topological polar surface area (TPSA) is 40.6 Å². The second-order valence-electron chi connectivity index (χ2n) is 7.79. The van der Waals surface area contributed by atoms with E-state index in [1.165, 1.54) is 12.8 Å². The largest absolute Gasteiger partial charge is 0.339 e. The van der Waals surface area contributed by atoms with Crippen LogP contribution in [0.2, 0.25) is 5.02 Å². The zero-order valence-corrected chi connectivity index (χ0v) is 18.1. The molecular weight excluding hydrogens is 404 g/mol. The monoisotopic (exact) mass is 428 g/mol. The molecule has 2 aromatic rings. The van der Waals surface area contributed by atoms with Crippen molar-refractivity contribution in [2.45, 2.75) is 43.6 Å². The minimum atomic E-state index is -0.0325. The fourth-order valence-corrected chi connectivity index (χ4v) is 5.45. The van der Waals surface area contributed by atoms with E-state index < -0.39 is 0 Å². The molecule has 0 aromatic heterocycles. The summed E-state index contributed by atoms with van der Waals surface area (Å²) in [5.41, 5.74) is 2.82. The Morgan fingerprint density at radius 3 is 2.41 bits per heavy atom. The molecule has 0 N–H and O–H groups in total. The minimum absolute atomic E-state index is 0.0325. The molecule has 1 unspecified atom stereocenters. The van der Waals surface area contributed by atoms with E-state index in [4.69, 9.17) is 11.6 Å². The van der Waals surface area contributed by atoms with Gasteiger partial charge < -0.3 is 9.80 Å². The van der Waals surface area contributed by atoms with Crippen LogP contribution in [0, 0.1) is 0 Å². The molecule has 2 amide bonds. The Morgan fingerprint density at radius 1 is 1.10 bits per heavy atom. The minimum Gasteiger partial charge on any atom is -0.339 e. The highest BCUT2D eigenvalue weighted by Gasteiger charge is 2.33. The van der Waals surface area contributed by atoms with Crippen LogP contribution < -0.4 is 0 Å². The van der Waals surface area contributed by atoms with Crippen molar-refractivity contribution >= 4 is 35.2 Å². The number of nitrogens with zero attached hydrogens (tertiary/aromatic N) is 2. The van der Waals surface area contributed by atoms with Gasteiger partial charge in [0.25, 0.3) is 5.91 Å². The highest BCUT2D eigenvalue weighted by atomic mass is 35.5. The lowest BCUT2D eigenvalue weighted by Gasteiger charge is -2.26. The Labute approximate surface area is 181 Å². The Bertz CT molecular complexity index is 879. The van der Waals surface area contributed by atoms with Crippen LogP contribution in [0.4, 0.5) is 0 Å². The lowest BCUT2D eigenvalue weighted by molar-refractivity contribution is -0.128. The van der Waals surface area contributed by atoms with Gasteiger partial charge in [0, 0.05) is 30.2 Å². The molecule has 1 aliphatic heterocycles. The summed E-state index contributed by atoms with van der Waals surface area (Å²) in [5, 5.41) is 0.658. The van der Waals surface area contributed by atoms with Gasteiger partial charge in [-0.25, -0.2) is 0 Å². The van der Waals surface area contributed by atoms with Gasteiger partial charge in [0.1, 0.15) is 5.37 Å². The molecule has 152 valence electrons. The van der Waals surface area contributed by atoms with E-state index in [9.17, 15) is 9.59 Å². The number of carbonyl (C=O) groups excluding carboxylic acids is 2. The molecule has 0 spiro atoms. The SMILES string of the molecule is CN(C(=O)c1ccc(C2SCC(=O)N2Cc2ccc(Cl)cc2)cc1)C1CCCC1. The van der Waals surface area contributed by atoms with Crippen molar-refractivity contribution in [2.75, 3.05) is 12.8 Å². The van der Waals surface area contributed by atoms with E-state index in [1.54, 1.807) is 11.8 Å². The average Bonchev–Trinajstić information content (AvgIpc) is 3.40. The lowest BCUT2D eigenvalue weighted by Crippen LogP contribution is -2.35. The number of rotatable bonds is 5. The van der Waals surface area contributed by atoms with Crippen LogP contribution in [0.5, 0.6) is 0 Å². The molecule has 4 nitrogen and oxygen atoms in total. The first kappa shape index (κ1) is 20.3. The quantitative estimate of drug-likeness (QED) is 0.662. The molecule has 1 saturated carbocycles. The molecule has 1 aliphatic carbocycles. The first-order chi connectivity index (χ1) is 14.0. The standard InChI is InChI=1S/C23H25ClN2O2S/c1-25(20-4-2-3-5-20)22(28)17-8-10-18(11-9-17)23-26(21(27)15-29-23)14-16-6-12-19(24)13-7-16/h6-13,20,23H,2-5,14-15H2,1H3. The third-order valence-corrected chi connectivity index (χ3v) is 7.38. The van der Waals surface area contributed by atoms with Crippen molar-refractivity contribution in [1.82, 2.24) is 9.80 Å². The Kier molecular flexibility index (Phi) is 6.16. The molecule has 2 aliphatic rings. The van der Waals surface area contributed by atoms with E-state index in [2.05, 4.69) is 0 Å². The molecule has 29 heavy (non-hydrogen) atoms. The van der Waals surface area contributed by atoms with Crippen LogP contribution in [0.15, 0.2) is 48.5 Å². The maximum absolute atomic E-state index is 12.8. The molecular formula is C23H25ClN2O2S. The van der Waals surface area contributed by atoms with Crippen molar-refractivity contribution in [3.05, 3.63) is 70.2 Å². The highest BCUT2D eigenvalue weighted by molar-refractivity contribution is 8.00. The van der Waals surface area contributed by atoms with Gasteiger partial charge in [-0.05, 0) is 48.2 Å². The Morgan fingerprint density at radius 2 is 1.76 bits per heavy atom. The van der Waals surface area contributed by atoms with Gasteiger partial charge in [-0.15, -0.1) is 11.8 Å². The summed E-state index contributed by atoms with van der Waals surface area (Å²) in [5.74, 6) is 0.691. The summed E-state index contributed by atoms with van der Waals surface area (Å²) < 4.78 is 0. The van der Waals surface area contributed by atoms with E-state index in [-0.39, 0.29) is 17.2 Å². The molecule has 2 fully saturated rings. The smallest absolute Gasteiger partial charge is 0.253 e. The zero-order valence-electron chi connectivity index (χ0n) is 16.5. The van der Waals surface area contributed by atoms with Gasteiger partial charge in [-0.2, -0.15) is 0 Å². The normalized spacial score (nSPS) is 19.7. The summed E-state index contributed by atoms with van der Waals surface area (Å²) in [7, 11) is 1.91. The predicted molar refractivity (Wildman–Crippen MR) is 118 cm³/mol. The van der Waals surface area contributed by atoms with Crippen LogP contribution in [-0.4, -0.2) is 40.5 Å². The van der Waals surface area contributed by atoms with Crippen LogP contribution in [0.3, 0.4) is 0 Å². The van der Waals surface area contributed by atoms with E-state index >= 15 is 0 Å². The third kappa shape index (κ3) is 4.46. The Hall–Kier alpha value is -1.98. The zero-order chi connectivity index (χ0) is 20.4. The van der Waals surface area contributed by atoms with E-state index in [0.717, 1.165) is 24.0 Å². The number of carbonyl (C=O) groups is 2. The van der Waals surface area contributed by atoms with Crippen molar-refractivity contribution in [3.8, 4) is 0 Å². The Balaban J connectivity index is 1.47. The summed E-state index contributed by atoms with van der Waals surface area (Å²) in [6.07, 6.45) is 4.61. The average molecular weight is 429 g/mol. The number of thioether (sulfide) groups is 1. The van der Waals surface area contributed by atoms with Crippen LogP contribution >= 0.6 is 23.4 Å². The maximum atomic E-state index is 12.8. The fourth-order valence-electron chi connectivity index (χ4n) is 4.14. The molecule has 4 rings (SSSR count). The summed E-state index contributed by atoms with van der Waals surface area (Å²) >= 11 is 7.60. The van der Waals surface area contributed by atoms with E-state index in [0.29, 0.717) is 28.9 Å². The van der Waals surface area contributed by atoms with Crippen LogP contribution in [-0.2, 0) is 11.3 Å². The van der Waals surface area contributed by atoms with Gasteiger partial charge in [0.2, 0.25) is 5.91 Å². The number of benzene rings is 2. The van der Waals surface area contributed by atoms with Crippen LogP contribution in [0.1, 0.15) is 52.5 Å². The second kappa shape index (κ2) is 8.80. The van der Waals surface area contributed by atoms with E-state index in [1.807, 2.05) is 65.4 Å². The number of amides is 2. The van der Waals surface area contributed by atoms with Crippen molar-refractivity contribution in [1.29, 1.82) is 0 Å². The molecule has 0 radical (unpaired) electrons. The highest BCUT2D eigenvalue weighted by Crippen LogP contribution is 2.39.